The Kier molecular flexibility index (Phi) is 5.86. The third kappa shape index (κ3) is 3.86. The maximum absolute atomic E-state index is 13.4. The van der Waals surface area contributed by atoms with Crippen LogP contribution in [-0.2, 0) is 17.6 Å². The Bertz CT molecular complexity index is 1250. The van der Waals surface area contributed by atoms with Crippen molar-refractivity contribution in [2.75, 3.05) is 11.4 Å². The van der Waals surface area contributed by atoms with Crippen LogP contribution in [0.25, 0.3) is 11.8 Å². The van der Waals surface area contributed by atoms with Gasteiger partial charge in [-0.2, -0.15) is 5.10 Å². The molecule has 34 heavy (non-hydrogen) atoms. The highest BCUT2D eigenvalue weighted by atomic mass is 19.1. The summed E-state index contributed by atoms with van der Waals surface area (Å²) in [6.07, 6.45) is 6.89. The van der Waals surface area contributed by atoms with E-state index in [2.05, 4.69) is 31.1 Å². The lowest BCUT2D eigenvalue weighted by molar-refractivity contribution is -0.122. The maximum Gasteiger partial charge on any atom is 0.228 e. The molecule has 2 aromatic carbocycles. The van der Waals surface area contributed by atoms with Gasteiger partial charge in [-0.1, -0.05) is 37.6 Å². The predicted molar refractivity (Wildman–Crippen MR) is 131 cm³/mol. The van der Waals surface area contributed by atoms with Crippen LogP contribution in [0.2, 0.25) is 0 Å². The van der Waals surface area contributed by atoms with Gasteiger partial charge in [0.1, 0.15) is 5.82 Å². The lowest BCUT2D eigenvalue weighted by Crippen LogP contribution is -2.44. The van der Waals surface area contributed by atoms with Gasteiger partial charge in [0.2, 0.25) is 5.91 Å². The van der Waals surface area contributed by atoms with Crippen molar-refractivity contribution in [3.05, 3.63) is 82.9 Å². The number of β-lactam (4-membered cyclic amide) rings is 1. The second kappa shape index (κ2) is 8.84. The molecule has 2 atom stereocenters. The Morgan fingerprint density at radius 1 is 1.18 bits per heavy atom. The first-order chi connectivity index (χ1) is 16.4. The Balaban J connectivity index is 1.38. The van der Waals surface area contributed by atoms with Crippen molar-refractivity contribution in [2.24, 2.45) is 5.41 Å². The molecule has 1 N–H and O–H groups in total. The fourth-order valence-electron chi connectivity index (χ4n) is 5.31. The minimum atomic E-state index is -0.541. The van der Waals surface area contributed by atoms with Crippen molar-refractivity contribution in [2.45, 2.75) is 52.1 Å². The van der Waals surface area contributed by atoms with Crippen molar-refractivity contribution >= 4 is 17.7 Å². The van der Waals surface area contributed by atoms with E-state index in [0.717, 1.165) is 41.2 Å². The highest BCUT2D eigenvalue weighted by Gasteiger charge is 2.40. The van der Waals surface area contributed by atoms with Gasteiger partial charge < -0.3 is 10.0 Å². The topological polar surface area (TPSA) is 58.4 Å². The summed E-state index contributed by atoms with van der Waals surface area (Å²) >= 11 is 0. The number of nitrogens with zero attached hydrogens (tertiary/aromatic N) is 3. The van der Waals surface area contributed by atoms with Crippen molar-refractivity contribution in [1.29, 1.82) is 0 Å². The van der Waals surface area contributed by atoms with Crippen LogP contribution in [0.15, 0.2) is 60.3 Å². The molecule has 1 aliphatic carbocycles. The normalized spacial score (nSPS) is 20.5. The van der Waals surface area contributed by atoms with E-state index in [-0.39, 0.29) is 11.7 Å². The second-order valence-electron chi connectivity index (χ2n) is 9.54. The Morgan fingerprint density at radius 3 is 2.62 bits per heavy atom. The van der Waals surface area contributed by atoms with E-state index < -0.39 is 11.5 Å². The number of aromatic nitrogens is 2. The van der Waals surface area contributed by atoms with E-state index in [1.807, 2.05) is 34.0 Å². The lowest BCUT2D eigenvalue weighted by Gasteiger charge is -2.40. The molecule has 1 aliphatic heterocycles. The van der Waals surface area contributed by atoms with Gasteiger partial charge in [0.15, 0.2) is 0 Å². The van der Waals surface area contributed by atoms with Crippen LogP contribution in [0.5, 0.6) is 0 Å². The molecule has 5 rings (SSSR count). The van der Waals surface area contributed by atoms with Gasteiger partial charge in [0.25, 0.3) is 0 Å². The lowest BCUT2D eigenvalue weighted by atomic mass is 9.67. The average Bonchev–Trinajstić information content (AvgIpc) is 3.24. The zero-order valence-electron chi connectivity index (χ0n) is 19.7. The fraction of sp³-hybridized carbons (Fsp3) is 0.357. The van der Waals surface area contributed by atoms with E-state index in [4.69, 9.17) is 0 Å². The van der Waals surface area contributed by atoms with Crippen LogP contribution in [-0.4, -0.2) is 33.4 Å². The quantitative estimate of drug-likeness (QED) is 0.500. The number of benzene rings is 2. The van der Waals surface area contributed by atoms with E-state index >= 15 is 0 Å². The Morgan fingerprint density at radius 2 is 1.94 bits per heavy atom. The number of anilines is 1. The molecule has 1 amide bonds. The maximum atomic E-state index is 13.4. The summed E-state index contributed by atoms with van der Waals surface area (Å²) in [5.41, 5.74) is 5.73. The zero-order valence-corrected chi connectivity index (χ0v) is 19.7. The highest BCUT2D eigenvalue weighted by molar-refractivity contribution is 6.00. The molecule has 1 fully saturated rings. The number of fused-ring (bicyclic) bond motifs is 1. The number of aryl methyl sites for hydroxylation is 1. The average molecular weight is 460 g/mol. The summed E-state index contributed by atoms with van der Waals surface area (Å²) in [6, 6.07) is 14.3. The number of carbonyl (C=O) groups is 1. The van der Waals surface area contributed by atoms with Crippen molar-refractivity contribution < 1.29 is 14.3 Å². The fourth-order valence-corrected chi connectivity index (χ4v) is 5.31. The molecule has 0 radical (unpaired) electrons. The number of carbonyl (C=O) groups excluding carboxylic acids is 1. The van der Waals surface area contributed by atoms with E-state index in [0.29, 0.717) is 25.7 Å². The minimum Gasteiger partial charge on any atom is -0.392 e. The Hall–Kier alpha value is -3.25. The SMILES string of the molecule is CCC1=Cc2c(cnn2-c2ccc(F)cc2)CC1(C)[C@@H](O)CCc1ccccc1N1CCC1=O. The van der Waals surface area contributed by atoms with Gasteiger partial charge in [0, 0.05) is 24.1 Å². The summed E-state index contributed by atoms with van der Waals surface area (Å²) in [7, 11) is 0. The first-order valence-corrected chi connectivity index (χ1v) is 12.0. The van der Waals surface area contributed by atoms with Crippen LogP contribution in [0.3, 0.4) is 0 Å². The number of hydrogen-bond donors (Lipinski definition) is 1. The number of aliphatic hydroxyl groups excluding tert-OH is 1. The number of amides is 1. The molecule has 176 valence electrons. The van der Waals surface area contributed by atoms with Crippen molar-refractivity contribution in [3.8, 4) is 5.69 Å². The third-order valence-electron chi connectivity index (χ3n) is 7.50. The third-order valence-corrected chi connectivity index (χ3v) is 7.50. The standard InChI is InChI=1S/C28H30FN3O2/c1-3-21-16-25-20(18-30-32(25)23-11-9-22(29)10-12-23)17-28(21,2)26(33)13-8-19-6-4-5-7-24(19)31-15-14-27(31)34/h4-7,9-12,16,18,26,33H,3,8,13-15,17H2,1-2H3/t26-,28?/m0/s1. The number of hydrogen-bond acceptors (Lipinski definition) is 3. The number of para-hydroxylation sites is 1. The van der Waals surface area contributed by atoms with Crippen LogP contribution >= 0.6 is 0 Å². The summed E-state index contributed by atoms with van der Waals surface area (Å²) < 4.78 is 15.2. The second-order valence-corrected chi connectivity index (χ2v) is 9.54. The van der Waals surface area contributed by atoms with Crippen LogP contribution in [0.4, 0.5) is 10.1 Å². The van der Waals surface area contributed by atoms with Gasteiger partial charge in [-0.05, 0) is 73.2 Å². The molecule has 0 bridgehead atoms. The van der Waals surface area contributed by atoms with E-state index in [9.17, 15) is 14.3 Å². The van der Waals surface area contributed by atoms with Crippen LogP contribution in [0, 0.1) is 11.2 Å². The van der Waals surface area contributed by atoms with Gasteiger partial charge in [-0.25, -0.2) is 9.07 Å². The molecule has 0 spiro atoms. The minimum absolute atomic E-state index is 0.161. The molecule has 5 nitrogen and oxygen atoms in total. The molecular formula is C28H30FN3O2. The molecule has 1 saturated heterocycles. The van der Waals surface area contributed by atoms with Gasteiger partial charge in [-0.3, -0.25) is 4.79 Å². The molecule has 2 aliphatic rings. The van der Waals surface area contributed by atoms with Gasteiger partial charge in [0.05, 0.1) is 23.7 Å². The first kappa shape index (κ1) is 22.5. The van der Waals surface area contributed by atoms with Gasteiger partial charge >= 0.3 is 0 Å². The van der Waals surface area contributed by atoms with Crippen LogP contribution in [0.1, 0.15) is 49.9 Å². The number of aliphatic hydroxyl groups is 1. The highest BCUT2D eigenvalue weighted by Crippen LogP contribution is 2.44. The number of rotatable bonds is 7. The largest absolute Gasteiger partial charge is 0.392 e. The molecule has 2 heterocycles. The molecule has 6 heteroatoms. The summed E-state index contributed by atoms with van der Waals surface area (Å²) in [5, 5.41) is 16.0. The smallest absolute Gasteiger partial charge is 0.228 e. The molecular weight excluding hydrogens is 429 g/mol. The van der Waals surface area contributed by atoms with Gasteiger partial charge in [-0.15, -0.1) is 0 Å². The molecule has 1 aromatic heterocycles. The summed E-state index contributed by atoms with van der Waals surface area (Å²) in [4.78, 5) is 13.8. The van der Waals surface area contributed by atoms with E-state index in [1.54, 1.807) is 12.1 Å². The summed E-state index contributed by atoms with van der Waals surface area (Å²) in [5.74, 6) is -0.112. The zero-order chi connectivity index (χ0) is 23.9. The van der Waals surface area contributed by atoms with Crippen molar-refractivity contribution in [3.63, 3.8) is 0 Å². The molecule has 0 saturated carbocycles. The molecule has 3 aromatic rings. The monoisotopic (exact) mass is 459 g/mol. The molecule has 1 unspecified atom stereocenters. The predicted octanol–water partition coefficient (Wildman–Crippen LogP) is 5.10. The Labute approximate surface area is 199 Å². The summed E-state index contributed by atoms with van der Waals surface area (Å²) in [6.45, 7) is 5.01. The number of halogens is 1. The van der Waals surface area contributed by atoms with Crippen LogP contribution < -0.4 is 4.90 Å². The van der Waals surface area contributed by atoms with E-state index in [1.165, 1.54) is 17.7 Å². The first-order valence-electron chi connectivity index (χ1n) is 12.0. The van der Waals surface area contributed by atoms with Crippen molar-refractivity contribution in [1.82, 2.24) is 9.78 Å².